The third kappa shape index (κ3) is 4.94. The van der Waals surface area contributed by atoms with E-state index in [9.17, 15) is 29.8 Å². The van der Waals surface area contributed by atoms with Crippen LogP contribution in [0.4, 0.5) is 11.4 Å². The molecule has 0 unspecified atom stereocenters. The van der Waals surface area contributed by atoms with Crippen LogP contribution in [0, 0.1) is 20.2 Å². The van der Waals surface area contributed by atoms with Gasteiger partial charge in [0.05, 0.1) is 28.6 Å². The zero-order chi connectivity index (χ0) is 25.8. The highest BCUT2D eigenvalue weighted by atomic mass is 16.6. The Balaban J connectivity index is 1.59. The largest absolute Gasteiger partial charge is 0.493 e. The predicted octanol–water partition coefficient (Wildman–Crippen LogP) is 5.01. The molecule has 4 aromatic rings. The van der Waals surface area contributed by atoms with Crippen LogP contribution >= 0.6 is 0 Å². The van der Waals surface area contributed by atoms with E-state index in [2.05, 4.69) is 0 Å². The van der Waals surface area contributed by atoms with Gasteiger partial charge in [0.1, 0.15) is 11.1 Å². The number of carbonyl (C=O) groups is 1. The summed E-state index contributed by atoms with van der Waals surface area (Å²) in [5.41, 5.74) is -0.930. The molecule has 36 heavy (non-hydrogen) atoms. The number of benzene rings is 3. The Hall–Kier alpha value is -5.32. The summed E-state index contributed by atoms with van der Waals surface area (Å²) in [4.78, 5) is 45.7. The Morgan fingerprint density at radius 3 is 2.42 bits per heavy atom. The van der Waals surface area contributed by atoms with E-state index in [0.717, 1.165) is 6.07 Å². The second kappa shape index (κ2) is 9.89. The lowest BCUT2D eigenvalue weighted by Gasteiger charge is -2.10. The molecule has 0 fully saturated rings. The summed E-state index contributed by atoms with van der Waals surface area (Å²) < 4.78 is 15.8. The summed E-state index contributed by atoms with van der Waals surface area (Å²) in [6.07, 6.45) is 2.95. The normalized spacial score (nSPS) is 10.9. The molecule has 0 aliphatic carbocycles. The minimum atomic E-state index is -0.933. The highest BCUT2D eigenvalue weighted by molar-refractivity contribution is 5.94. The topological polar surface area (TPSA) is 152 Å². The van der Waals surface area contributed by atoms with E-state index >= 15 is 0 Å². The molecular weight excluding hydrogens is 472 g/mol. The van der Waals surface area contributed by atoms with Crippen LogP contribution in [-0.4, -0.2) is 22.9 Å². The number of hydrogen-bond donors (Lipinski definition) is 0. The summed E-state index contributed by atoms with van der Waals surface area (Å²) in [7, 11) is 1.35. The van der Waals surface area contributed by atoms with E-state index in [1.165, 1.54) is 49.6 Å². The Labute approximate surface area is 202 Å². The lowest BCUT2D eigenvalue weighted by molar-refractivity contribution is -0.394. The van der Waals surface area contributed by atoms with Crippen molar-refractivity contribution in [2.24, 2.45) is 0 Å². The number of rotatable bonds is 7. The van der Waals surface area contributed by atoms with Crippen molar-refractivity contribution in [2.45, 2.75) is 0 Å². The standard InChI is InChI=1S/C25H16N2O9/c1-34-23-12-15(6-8-16-9-10-18(26(30)31)14-20(16)27(32)33)7-11-22(23)36-25(29)19-13-17-4-2-3-5-21(17)35-24(19)28/h2-14H,1H3/b8-6+. The molecule has 0 saturated heterocycles. The molecule has 3 aromatic carbocycles. The molecule has 11 heteroatoms. The quantitative estimate of drug-likeness (QED) is 0.0872. The number of ether oxygens (including phenoxy) is 2. The molecule has 1 aromatic heterocycles. The zero-order valence-corrected chi connectivity index (χ0v) is 18.6. The van der Waals surface area contributed by atoms with Crippen molar-refractivity contribution in [1.82, 2.24) is 0 Å². The first-order valence-electron chi connectivity index (χ1n) is 10.3. The van der Waals surface area contributed by atoms with E-state index in [4.69, 9.17) is 13.9 Å². The average molecular weight is 488 g/mol. The lowest BCUT2D eigenvalue weighted by atomic mass is 10.1. The minimum absolute atomic E-state index is 0.0357. The lowest BCUT2D eigenvalue weighted by Crippen LogP contribution is -2.19. The van der Waals surface area contributed by atoms with Crippen molar-refractivity contribution in [1.29, 1.82) is 0 Å². The van der Waals surface area contributed by atoms with Gasteiger partial charge < -0.3 is 13.9 Å². The third-order valence-corrected chi connectivity index (χ3v) is 5.13. The van der Waals surface area contributed by atoms with Crippen LogP contribution < -0.4 is 15.1 Å². The SMILES string of the molecule is COc1cc(/C=C/c2ccc([N+](=O)[O-])cc2[N+](=O)[O-])ccc1OC(=O)c1cc2ccccc2oc1=O. The van der Waals surface area contributed by atoms with E-state index in [1.54, 1.807) is 30.3 Å². The van der Waals surface area contributed by atoms with Crippen LogP contribution in [-0.2, 0) is 0 Å². The number of para-hydroxylation sites is 1. The third-order valence-electron chi connectivity index (χ3n) is 5.13. The van der Waals surface area contributed by atoms with Gasteiger partial charge in [-0.2, -0.15) is 0 Å². The summed E-state index contributed by atoms with van der Waals surface area (Å²) >= 11 is 0. The number of non-ortho nitro benzene ring substituents is 1. The van der Waals surface area contributed by atoms with Gasteiger partial charge in [-0.25, -0.2) is 9.59 Å². The van der Waals surface area contributed by atoms with Crippen molar-refractivity contribution < 1.29 is 28.5 Å². The van der Waals surface area contributed by atoms with Gasteiger partial charge in [-0.3, -0.25) is 20.2 Å². The van der Waals surface area contributed by atoms with Gasteiger partial charge in [-0.1, -0.05) is 30.3 Å². The van der Waals surface area contributed by atoms with Crippen molar-refractivity contribution in [3.63, 3.8) is 0 Å². The van der Waals surface area contributed by atoms with Crippen molar-refractivity contribution in [2.75, 3.05) is 7.11 Å². The van der Waals surface area contributed by atoms with Crippen LogP contribution in [0.1, 0.15) is 21.5 Å². The highest BCUT2D eigenvalue weighted by Gasteiger charge is 2.19. The van der Waals surface area contributed by atoms with Crippen LogP contribution in [0.3, 0.4) is 0 Å². The molecule has 1 heterocycles. The molecule has 0 saturated carbocycles. The van der Waals surface area contributed by atoms with Gasteiger partial charge >= 0.3 is 11.6 Å². The second-order valence-electron chi connectivity index (χ2n) is 7.38. The maximum atomic E-state index is 12.7. The van der Waals surface area contributed by atoms with Gasteiger partial charge in [0, 0.05) is 11.5 Å². The predicted molar refractivity (Wildman–Crippen MR) is 129 cm³/mol. The molecule has 0 N–H and O–H groups in total. The number of nitrogens with zero attached hydrogens (tertiary/aromatic N) is 2. The van der Waals surface area contributed by atoms with Crippen molar-refractivity contribution in [3.05, 3.63) is 114 Å². The molecule has 0 aliphatic heterocycles. The van der Waals surface area contributed by atoms with E-state index in [0.29, 0.717) is 16.5 Å². The molecule has 180 valence electrons. The van der Waals surface area contributed by atoms with Gasteiger partial charge in [-0.15, -0.1) is 0 Å². The van der Waals surface area contributed by atoms with E-state index in [1.807, 2.05) is 0 Å². The minimum Gasteiger partial charge on any atom is -0.493 e. The van der Waals surface area contributed by atoms with Crippen molar-refractivity contribution in [3.8, 4) is 11.5 Å². The van der Waals surface area contributed by atoms with Gasteiger partial charge in [0.2, 0.25) is 0 Å². The number of hydrogen-bond acceptors (Lipinski definition) is 9. The Morgan fingerprint density at radius 1 is 0.917 bits per heavy atom. The maximum absolute atomic E-state index is 12.7. The van der Waals surface area contributed by atoms with Gasteiger partial charge in [-0.05, 0) is 42.0 Å². The molecule has 11 nitrogen and oxygen atoms in total. The fourth-order valence-corrected chi connectivity index (χ4v) is 3.36. The summed E-state index contributed by atoms with van der Waals surface area (Å²) in [6.45, 7) is 0. The summed E-state index contributed by atoms with van der Waals surface area (Å²) in [5.74, 6) is -0.736. The van der Waals surface area contributed by atoms with Crippen LogP contribution in [0.5, 0.6) is 11.5 Å². The van der Waals surface area contributed by atoms with Gasteiger partial charge in [0.25, 0.3) is 11.4 Å². The molecule has 0 spiro atoms. The van der Waals surface area contributed by atoms with Crippen LogP contribution in [0.25, 0.3) is 23.1 Å². The van der Waals surface area contributed by atoms with Crippen LogP contribution in [0.2, 0.25) is 0 Å². The highest BCUT2D eigenvalue weighted by Crippen LogP contribution is 2.31. The molecule has 0 atom stereocenters. The number of nitro groups is 2. The van der Waals surface area contributed by atoms with Gasteiger partial charge in [0.15, 0.2) is 11.5 Å². The van der Waals surface area contributed by atoms with Crippen molar-refractivity contribution >= 4 is 40.5 Å². The van der Waals surface area contributed by atoms with E-state index < -0.39 is 32.8 Å². The molecule has 0 amide bonds. The van der Waals surface area contributed by atoms with Crippen LogP contribution in [0.15, 0.2) is 75.9 Å². The summed E-state index contributed by atoms with van der Waals surface area (Å²) in [6, 6.07) is 15.9. The molecule has 4 rings (SSSR count). The number of esters is 1. The number of nitro benzene ring substituents is 2. The number of carbonyl (C=O) groups excluding carboxylic acids is 1. The molecule has 0 aliphatic rings. The first kappa shape index (κ1) is 23.8. The zero-order valence-electron chi connectivity index (χ0n) is 18.6. The molecular formula is C25H16N2O9. The Morgan fingerprint density at radius 2 is 1.69 bits per heavy atom. The number of methoxy groups -OCH3 is 1. The number of fused-ring (bicyclic) bond motifs is 1. The summed E-state index contributed by atoms with van der Waals surface area (Å²) in [5, 5.41) is 22.8. The fraction of sp³-hybridized carbons (Fsp3) is 0.0400. The molecule has 0 bridgehead atoms. The smallest absolute Gasteiger partial charge is 0.351 e. The van der Waals surface area contributed by atoms with E-state index in [-0.39, 0.29) is 22.6 Å². The first-order chi connectivity index (χ1) is 17.3. The fourth-order valence-electron chi connectivity index (χ4n) is 3.36. The Kier molecular flexibility index (Phi) is 6.55. The first-order valence-corrected chi connectivity index (χ1v) is 10.3. The molecule has 0 radical (unpaired) electrons. The Bertz CT molecular complexity index is 1610. The average Bonchev–Trinajstić information content (AvgIpc) is 2.87. The second-order valence-corrected chi connectivity index (χ2v) is 7.38. The monoisotopic (exact) mass is 488 g/mol. The maximum Gasteiger partial charge on any atom is 0.351 e.